The molecule has 0 atom stereocenters. The van der Waals surface area contributed by atoms with Crippen LogP contribution in [0.2, 0.25) is 5.02 Å². The molecule has 3 aliphatic rings. The molecule has 2 nitrogen and oxygen atoms in total. The van der Waals surface area contributed by atoms with Crippen LogP contribution in [0.15, 0.2) is 36.4 Å². The molecular weight excluding hydrogens is 392 g/mol. The van der Waals surface area contributed by atoms with Gasteiger partial charge in [0.2, 0.25) is 0 Å². The van der Waals surface area contributed by atoms with Gasteiger partial charge in [-0.15, -0.1) is 0 Å². The van der Waals surface area contributed by atoms with Crippen molar-refractivity contribution in [3.8, 4) is 0 Å². The van der Waals surface area contributed by atoms with Crippen LogP contribution >= 0.6 is 11.6 Å². The van der Waals surface area contributed by atoms with Crippen LogP contribution < -0.4 is 0 Å². The van der Waals surface area contributed by atoms with E-state index in [2.05, 4.69) is 31.2 Å². The Hall–Kier alpha value is -0.830. The smallest absolute Gasteiger partial charge is 0.160 e. The Kier molecular flexibility index (Phi) is 8.32. The van der Waals surface area contributed by atoms with E-state index >= 15 is 0 Å². The molecule has 0 unspecified atom stereocenters. The van der Waals surface area contributed by atoms with E-state index in [1.54, 1.807) is 0 Å². The van der Waals surface area contributed by atoms with E-state index in [4.69, 9.17) is 21.1 Å². The fraction of sp³-hybridized carbons (Fsp3) is 0.704. The largest absolute Gasteiger partial charge is 0.352 e. The van der Waals surface area contributed by atoms with E-state index in [1.165, 1.54) is 69.8 Å². The lowest BCUT2D eigenvalue weighted by Gasteiger charge is -2.40. The van der Waals surface area contributed by atoms with Gasteiger partial charge in [-0.3, -0.25) is 0 Å². The predicted molar refractivity (Wildman–Crippen MR) is 125 cm³/mol. The molecule has 0 bridgehead atoms. The summed E-state index contributed by atoms with van der Waals surface area (Å²) in [7, 11) is 0. The average Bonchev–Trinajstić information content (AvgIpc) is 2.80. The van der Waals surface area contributed by atoms with Crippen LogP contribution in [0.4, 0.5) is 0 Å². The van der Waals surface area contributed by atoms with Crippen LogP contribution in [0.3, 0.4) is 0 Å². The average molecular weight is 431 g/mol. The Balaban J connectivity index is 1.14. The predicted octanol–water partition coefficient (Wildman–Crippen LogP) is 7.45. The Morgan fingerprint density at radius 3 is 2.00 bits per heavy atom. The summed E-state index contributed by atoms with van der Waals surface area (Å²) in [5.41, 5.74) is 1.43. The lowest BCUT2D eigenvalue weighted by molar-refractivity contribution is -0.223. The topological polar surface area (TPSA) is 18.5 Å². The summed E-state index contributed by atoms with van der Waals surface area (Å²) < 4.78 is 12.1. The number of allylic oxidation sites excluding steroid dienone is 1. The van der Waals surface area contributed by atoms with Crippen LogP contribution in [0, 0.1) is 29.6 Å². The fourth-order valence-corrected chi connectivity index (χ4v) is 6.17. The minimum atomic E-state index is 0.0519. The number of benzene rings is 1. The first kappa shape index (κ1) is 22.4. The molecule has 3 heteroatoms. The first-order chi connectivity index (χ1) is 14.7. The molecule has 1 aromatic carbocycles. The van der Waals surface area contributed by atoms with E-state index in [-0.39, 0.29) is 6.29 Å². The molecule has 0 radical (unpaired) electrons. The van der Waals surface area contributed by atoms with Gasteiger partial charge in [-0.1, -0.05) is 48.7 Å². The van der Waals surface area contributed by atoms with Gasteiger partial charge in [0.15, 0.2) is 6.29 Å². The Morgan fingerprint density at radius 1 is 0.833 bits per heavy atom. The molecular formula is C27H39ClO2. The van der Waals surface area contributed by atoms with Gasteiger partial charge in [0.1, 0.15) is 0 Å². The van der Waals surface area contributed by atoms with Crippen molar-refractivity contribution in [2.24, 2.45) is 29.6 Å². The van der Waals surface area contributed by atoms with Crippen molar-refractivity contribution < 1.29 is 9.47 Å². The number of ether oxygens (including phenoxy) is 2. The maximum Gasteiger partial charge on any atom is 0.160 e. The van der Waals surface area contributed by atoms with Gasteiger partial charge in [-0.25, -0.2) is 0 Å². The SMILES string of the molecule is CC=CC1COC(C2CCC(C3CCC(CCc4ccc(Cl)cc4)CC3)CC2)OC1. The first-order valence-corrected chi connectivity index (χ1v) is 12.7. The van der Waals surface area contributed by atoms with Gasteiger partial charge in [-0.2, -0.15) is 0 Å². The normalized spacial score (nSPS) is 35.5. The zero-order valence-electron chi connectivity index (χ0n) is 18.6. The summed E-state index contributed by atoms with van der Waals surface area (Å²) in [6.07, 6.45) is 18.0. The second-order valence-corrected chi connectivity index (χ2v) is 10.4. The molecule has 0 spiro atoms. The van der Waals surface area contributed by atoms with E-state index in [0.29, 0.717) is 11.8 Å². The highest BCUT2D eigenvalue weighted by atomic mass is 35.5. The van der Waals surface area contributed by atoms with E-state index in [1.807, 2.05) is 12.1 Å². The quantitative estimate of drug-likeness (QED) is 0.436. The van der Waals surface area contributed by atoms with Gasteiger partial charge in [0.25, 0.3) is 0 Å². The monoisotopic (exact) mass is 430 g/mol. The minimum absolute atomic E-state index is 0.0519. The van der Waals surface area contributed by atoms with E-state index in [9.17, 15) is 0 Å². The van der Waals surface area contributed by atoms with E-state index < -0.39 is 0 Å². The number of aryl methyl sites for hydroxylation is 1. The maximum atomic E-state index is 6.07. The molecule has 1 saturated heterocycles. The molecule has 4 rings (SSSR count). The molecule has 30 heavy (non-hydrogen) atoms. The molecule has 2 saturated carbocycles. The Labute approximate surface area is 188 Å². The molecule has 2 aliphatic carbocycles. The third-order valence-electron chi connectivity index (χ3n) is 7.93. The van der Waals surface area contributed by atoms with Crippen molar-refractivity contribution in [1.29, 1.82) is 0 Å². The van der Waals surface area contributed by atoms with Crippen molar-refractivity contribution in [3.63, 3.8) is 0 Å². The number of rotatable bonds is 6. The lowest BCUT2D eigenvalue weighted by atomic mass is 9.68. The summed E-state index contributed by atoms with van der Waals surface area (Å²) >= 11 is 6.00. The molecule has 166 valence electrons. The number of hydrogen-bond donors (Lipinski definition) is 0. The number of halogens is 1. The second-order valence-electron chi connectivity index (χ2n) is 9.94. The maximum absolute atomic E-state index is 6.07. The molecule has 0 aromatic heterocycles. The summed E-state index contributed by atoms with van der Waals surface area (Å²) in [5, 5.41) is 0.841. The van der Waals surface area contributed by atoms with Crippen LogP contribution in [-0.2, 0) is 15.9 Å². The van der Waals surface area contributed by atoms with Crippen molar-refractivity contribution in [2.45, 2.75) is 77.4 Å². The Bertz CT molecular complexity index is 646. The number of hydrogen-bond acceptors (Lipinski definition) is 2. The minimum Gasteiger partial charge on any atom is -0.352 e. The van der Waals surface area contributed by atoms with Gasteiger partial charge in [0, 0.05) is 16.9 Å². The standard InChI is InChI=1S/C27H39ClO2/c1-2-3-22-18-29-27(30-19-22)25-14-12-24(13-15-25)23-10-6-20(7-11-23)4-5-21-8-16-26(28)17-9-21/h2-3,8-9,16-17,20,22-25,27H,4-7,10-15,18-19H2,1H3. The zero-order valence-corrected chi connectivity index (χ0v) is 19.4. The van der Waals surface area contributed by atoms with Gasteiger partial charge >= 0.3 is 0 Å². The van der Waals surface area contributed by atoms with Crippen LogP contribution in [0.25, 0.3) is 0 Å². The summed E-state index contributed by atoms with van der Waals surface area (Å²) in [4.78, 5) is 0. The first-order valence-electron chi connectivity index (χ1n) is 12.3. The van der Waals surface area contributed by atoms with Crippen LogP contribution in [0.1, 0.15) is 70.3 Å². The van der Waals surface area contributed by atoms with Crippen molar-refractivity contribution in [2.75, 3.05) is 13.2 Å². The molecule has 1 heterocycles. The van der Waals surface area contributed by atoms with E-state index in [0.717, 1.165) is 36.0 Å². The lowest BCUT2D eigenvalue weighted by Crippen LogP contribution is -2.38. The fourth-order valence-electron chi connectivity index (χ4n) is 6.05. The summed E-state index contributed by atoms with van der Waals surface area (Å²) in [6, 6.07) is 8.42. The van der Waals surface area contributed by atoms with Crippen molar-refractivity contribution in [3.05, 3.63) is 47.0 Å². The highest BCUT2D eigenvalue weighted by Crippen LogP contribution is 2.43. The van der Waals surface area contributed by atoms with Crippen LogP contribution in [0.5, 0.6) is 0 Å². The summed E-state index contributed by atoms with van der Waals surface area (Å²) in [5.74, 6) is 3.88. The van der Waals surface area contributed by atoms with Crippen molar-refractivity contribution >= 4 is 11.6 Å². The van der Waals surface area contributed by atoms with Gasteiger partial charge in [-0.05, 0) is 93.7 Å². The molecule has 1 aliphatic heterocycles. The molecule has 0 amide bonds. The van der Waals surface area contributed by atoms with Crippen LogP contribution in [-0.4, -0.2) is 19.5 Å². The third-order valence-corrected chi connectivity index (χ3v) is 8.18. The molecule has 3 fully saturated rings. The second kappa shape index (κ2) is 11.2. The van der Waals surface area contributed by atoms with Crippen molar-refractivity contribution in [1.82, 2.24) is 0 Å². The van der Waals surface area contributed by atoms with Gasteiger partial charge in [0.05, 0.1) is 13.2 Å². The molecule has 0 N–H and O–H groups in total. The highest BCUT2D eigenvalue weighted by Gasteiger charge is 2.35. The molecule has 1 aromatic rings. The summed E-state index contributed by atoms with van der Waals surface area (Å²) in [6.45, 7) is 3.73. The van der Waals surface area contributed by atoms with Gasteiger partial charge < -0.3 is 9.47 Å². The highest BCUT2D eigenvalue weighted by molar-refractivity contribution is 6.30. The Morgan fingerprint density at radius 2 is 1.40 bits per heavy atom. The third kappa shape index (κ3) is 6.11. The zero-order chi connectivity index (χ0) is 20.8.